The van der Waals surface area contributed by atoms with E-state index in [9.17, 15) is 4.79 Å². The molecule has 1 spiro atoms. The Hall–Kier alpha value is -1.51. The quantitative estimate of drug-likeness (QED) is 0.884. The first-order chi connectivity index (χ1) is 10.2. The van der Waals surface area contributed by atoms with E-state index < -0.39 is 6.09 Å². The van der Waals surface area contributed by atoms with Crippen molar-refractivity contribution >= 4 is 6.09 Å². The molecule has 1 N–H and O–H groups in total. The first-order valence-corrected chi connectivity index (χ1v) is 8.23. The smallest absolute Gasteiger partial charge is 0.407 e. The highest BCUT2D eigenvalue weighted by atomic mass is 16.4. The van der Waals surface area contributed by atoms with Gasteiger partial charge in [-0.2, -0.15) is 0 Å². The van der Waals surface area contributed by atoms with Gasteiger partial charge in [-0.25, -0.2) is 4.79 Å². The Bertz CT molecular complexity index is 548. The van der Waals surface area contributed by atoms with Crippen LogP contribution in [0.25, 0.3) is 0 Å². The van der Waals surface area contributed by atoms with Crippen molar-refractivity contribution < 1.29 is 9.90 Å². The summed E-state index contributed by atoms with van der Waals surface area (Å²) in [6.07, 6.45) is 6.60. The molecule has 1 heterocycles. The second-order valence-corrected chi connectivity index (χ2v) is 7.32. The Morgan fingerprint density at radius 3 is 2.29 bits per heavy atom. The minimum Gasteiger partial charge on any atom is -0.465 e. The van der Waals surface area contributed by atoms with Crippen LogP contribution < -0.4 is 0 Å². The largest absolute Gasteiger partial charge is 0.465 e. The molecule has 1 amide bonds. The van der Waals surface area contributed by atoms with Gasteiger partial charge in [0.15, 0.2) is 0 Å². The Morgan fingerprint density at radius 1 is 1.10 bits per heavy atom. The van der Waals surface area contributed by atoms with Crippen LogP contribution in [0.3, 0.4) is 0 Å². The first-order valence-electron chi connectivity index (χ1n) is 8.23. The van der Waals surface area contributed by atoms with Gasteiger partial charge in [0.2, 0.25) is 0 Å². The molecule has 0 bridgehead atoms. The Morgan fingerprint density at radius 2 is 1.71 bits per heavy atom. The number of nitrogens with zero attached hydrogens (tertiary/aromatic N) is 1. The number of carbonyl (C=O) groups is 1. The van der Waals surface area contributed by atoms with E-state index in [0.717, 1.165) is 31.8 Å². The third-order valence-corrected chi connectivity index (χ3v) is 5.88. The van der Waals surface area contributed by atoms with Crippen LogP contribution in [0.1, 0.15) is 61.5 Å². The van der Waals surface area contributed by atoms with Crippen molar-refractivity contribution in [3.63, 3.8) is 0 Å². The Balaban J connectivity index is 1.39. The molecule has 1 aromatic rings. The molecule has 3 aliphatic rings. The SMILES string of the molecule is O=C(O)N1CCC2(CC1)CC(c1cccc(C3CC3)c1)C2. The topological polar surface area (TPSA) is 40.5 Å². The summed E-state index contributed by atoms with van der Waals surface area (Å²) >= 11 is 0. The van der Waals surface area contributed by atoms with Crippen LogP contribution in [0.4, 0.5) is 4.79 Å². The molecule has 1 aliphatic heterocycles. The van der Waals surface area contributed by atoms with Crippen LogP contribution in [-0.4, -0.2) is 29.2 Å². The maximum atomic E-state index is 11.0. The summed E-state index contributed by atoms with van der Waals surface area (Å²) in [5.74, 6) is 1.54. The first kappa shape index (κ1) is 13.2. The fourth-order valence-electron chi connectivity index (χ4n) is 4.29. The van der Waals surface area contributed by atoms with Gasteiger partial charge in [0, 0.05) is 13.1 Å². The molecule has 3 heteroatoms. The van der Waals surface area contributed by atoms with E-state index in [2.05, 4.69) is 24.3 Å². The van der Waals surface area contributed by atoms with E-state index in [1.807, 2.05) is 0 Å². The number of amides is 1. The van der Waals surface area contributed by atoms with Crippen LogP contribution >= 0.6 is 0 Å². The number of carboxylic acid groups (broad SMARTS) is 1. The van der Waals surface area contributed by atoms with Crippen molar-refractivity contribution in [2.75, 3.05) is 13.1 Å². The monoisotopic (exact) mass is 285 g/mol. The van der Waals surface area contributed by atoms with Crippen LogP contribution in [0.15, 0.2) is 24.3 Å². The van der Waals surface area contributed by atoms with Gasteiger partial charge in [-0.3, -0.25) is 0 Å². The lowest BCUT2D eigenvalue weighted by molar-refractivity contribution is 0.0189. The Kier molecular flexibility index (Phi) is 2.98. The van der Waals surface area contributed by atoms with Crippen LogP contribution in [0, 0.1) is 5.41 Å². The molecule has 0 aromatic heterocycles. The van der Waals surface area contributed by atoms with E-state index in [4.69, 9.17) is 5.11 Å². The van der Waals surface area contributed by atoms with Gasteiger partial charge in [-0.15, -0.1) is 0 Å². The van der Waals surface area contributed by atoms with E-state index >= 15 is 0 Å². The van der Waals surface area contributed by atoms with Gasteiger partial charge in [0.05, 0.1) is 0 Å². The lowest BCUT2D eigenvalue weighted by atomic mass is 9.56. The highest BCUT2D eigenvalue weighted by Crippen LogP contribution is 2.57. The lowest BCUT2D eigenvalue weighted by Crippen LogP contribution is -2.47. The molecule has 3 fully saturated rings. The summed E-state index contributed by atoms with van der Waals surface area (Å²) in [7, 11) is 0. The minimum absolute atomic E-state index is 0.437. The third kappa shape index (κ3) is 2.43. The Labute approximate surface area is 126 Å². The highest BCUT2D eigenvalue weighted by molar-refractivity contribution is 5.65. The van der Waals surface area contributed by atoms with Crippen LogP contribution in [0.2, 0.25) is 0 Å². The average Bonchev–Trinajstić information content (AvgIpc) is 3.29. The molecule has 0 radical (unpaired) electrons. The molecule has 3 nitrogen and oxygen atoms in total. The summed E-state index contributed by atoms with van der Waals surface area (Å²) in [5, 5.41) is 9.04. The molecule has 2 saturated carbocycles. The normalized spacial score (nSPS) is 24.9. The number of hydrogen-bond acceptors (Lipinski definition) is 1. The molecule has 1 aromatic carbocycles. The number of likely N-dealkylation sites (tertiary alicyclic amines) is 1. The second kappa shape index (κ2) is 4.75. The molecule has 21 heavy (non-hydrogen) atoms. The standard InChI is InChI=1S/C18H23NO2/c20-17(21)19-8-6-18(7-9-19)11-16(12-18)15-3-1-2-14(10-15)13-4-5-13/h1-3,10,13,16H,4-9,11-12H2,(H,20,21). The number of piperidine rings is 1. The van der Waals surface area contributed by atoms with Crippen molar-refractivity contribution in [2.24, 2.45) is 5.41 Å². The van der Waals surface area contributed by atoms with E-state index in [1.54, 1.807) is 4.90 Å². The summed E-state index contributed by atoms with van der Waals surface area (Å²) in [6.45, 7) is 1.45. The van der Waals surface area contributed by atoms with Gasteiger partial charge < -0.3 is 10.0 Å². The fraction of sp³-hybridized carbons (Fsp3) is 0.611. The van der Waals surface area contributed by atoms with Crippen molar-refractivity contribution in [2.45, 2.75) is 50.4 Å². The van der Waals surface area contributed by atoms with Gasteiger partial charge in [-0.05, 0) is 66.9 Å². The summed E-state index contributed by atoms with van der Waals surface area (Å²) in [6, 6.07) is 9.22. The molecule has 0 atom stereocenters. The zero-order valence-electron chi connectivity index (χ0n) is 12.4. The summed E-state index contributed by atoms with van der Waals surface area (Å²) in [5.41, 5.74) is 3.49. The van der Waals surface area contributed by atoms with Crippen molar-refractivity contribution in [3.8, 4) is 0 Å². The van der Waals surface area contributed by atoms with Crippen molar-refractivity contribution in [1.82, 2.24) is 4.90 Å². The number of benzene rings is 1. The fourth-order valence-corrected chi connectivity index (χ4v) is 4.29. The van der Waals surface area contributed by atoms with Gasteiger partial charge in [0.1, 0.15) is 0 Å². The molecule has 112 valence electrons. The van der Waals surface area contributed by atoms with Gasteiger partial charge >= 0.3 is 6.09 Å². The van der Waals surface area contributed by atoms with Gasteiger partial charge in [-0.1, -0.05) is 24.3 Å². The second-order valence-electron chi connectivity index (χ2n) is 7.32. The third-order valence-electron chi connectivity index (χ3n) is 5.88. The maximum absolute atomic E-state index is 11.0. The number of hydrogen-bond donors (Lipinski definition) is 1. The van der Waals surface area contributed by atoms with Gasteiger partial charge in [0.25, 0.3) is 0 Å². The molecular formula is C18H23NO2. The minimum atomic E-state index is -0.752. The van der Waals surface area contributed by atoms with E-state index in [0.29, 0.717) is 11.3 Å². The number of rotatable bonds is 2. The molecule has 1 saturated heterocycles. The lowest BCUT2D eigenvalue weighted by Gasteiger charge is -2.52. The van der Waals surface area contributed by atoms with Crippen molar-refractivity contribution in [3.05, 3.63) is 35.4 Å². The van der Waals surface area contributed by atoms with E-state index in [1.165, 1.54) is 36.8 Å². The average molecular weight is 285 g/mol. The maximum Gasteiger partial charge on any atom is 0.407 e. The summed E-state index contributed by atoms with van der Waals surface area (Å²) < 4.78 is 0. The zero-order valence-corrected chi connectivity index (χ0v) is 12.4. The predicted molar refractivity (Wildman–Crippen MR) is 81.7 cm³/mol. The van der Waals surface area contributed by atoms with Crippen LogP contribution in [0.5, 0.6) is 0 Å². The summed E-state index contributed by atoms with van der Waals surface area (Å²) in [4.78, 5) is 12.6. The molecule has 4 rings (SSSR count). The zero-order chi connectivity index (χ0) is 14.4. The van der Waals surface area contributed by atoms with E-state index in [-0.39, 0.29) is 0 Å². The molecular weight excluding hydrogens is 262 g/mol. The predicted octanol–water partition coefficient (Wildman–Crippen LogP) is 4.20. The molecule has 2 aliphatic carbocycles. The van der Waals surface area contributed by atoms with Crippen molar-refractivity contribution in [1.29, 1.82) is 0 Å². The van der Waals surface area contributed by atoms with Crippen LogP contribution in [-0.2, 0) is 0 Å². The highest BCUT2D eigenvalue weighted by Gasteiger charge is 2.46. The molecule has 0 unspecified atom stereocenters.